The number of rotatable bonds is 3. The molecule has 0 spiro atoms. The molecule has 8 heavy (non-hydrogen) atoms. The zero-order valence-electron chi connectivity index (χ0n) is 5.31. The van der Waals surface area contributed by atoms with Crippen LogP contribution in [0.1, 0.15) is 19.3 Å². The van der Waals surface area contributed by atoms with Crippen LogP contribution in [-0.4, -0.2) is 12.8 Å². The summed E-state index contributed by atoms with van der Waals surface area (Å²) in [5.74, 6) is 1.00. The highest BCUT2D eigenvalue weighted by molar-refractivity contribution is 7.96. The Morgan fingerprint density at radius 1 is 1.62 bits per heavy atom. The van der Waals surface area contributed by atoms with Crippen molar-refractivity contribution in [2.75, 3.05) is 12.8 Å². The van der Waals surface area contributed by atoms with E-state index in [9.17, 15) is 0 Å². The molecule has 0 aromatic carbocycles. The van der Waals surface area contributed by atoms with Crippen LogP contribution in [0.2, 0.25) is 0 Å². The highest BCUT2D eigenvalue weighted by Crippen LogP contribution is 2.25. The monoisotopic (exact) mass is 131 g/mol. The van der Waals surface area contributed by atoms with E-state index in [1.165, 1.54) is 25.8 Å². The van der Waals surface area contributed by atoms with E-state index in [1.807, 2.05) is 0 Å². The molecule has 1 aliphatic rings. The third kappa shape index (κ3) is 1.67. The first-order valence-corrected chi connectivity index (χ1v) is 4.42. The Labute approximate surface area is 55.4 Å². The van der Waals surface area contributed by atoms with Gasteiger partial charge in [-0.3, -0.25) is 4.72 Å². The summed E-state index contributed by atoms with van der Waals surface area (Å²) in [5, 5.41) is 0. The molecule has 1 aliphatic carbocycles. The fourth-order valence-electron chi connectivity index (χ4n) is 0.898. The topological polar surface area (TPSA) is 12.0 Å². The second-order valence-electron chi connectivity index (χ2n) is 2.35. The highest BCUT2D eigenvalue weighted by atomic mass is 32.2. The van der Waals surface area contributed by atoms with Gasteiger partial charge in [0.05, 0.1) is 0 Å². The predicted molar refractivity (Wildman–Crippen MR) is 38.9 cm³/mol. The quantitative estimate of drug-likeness (QED) is 0.584. The van der Waals surface area contributed by atoms with Gasteiger partial charge in [-0.05, 0) is 25.0 Å². The minimum atomic E-state index is 1.00. The fraction of sp³-hybridized carbons (Fsp3) is 1.00. The van der Waals surface area contributed by atoms with Gasteiger partial charge < -0.3 is 0 Å². The summed E-state index contributed by atoms with van der Waals surface area (Å²) in [6.45, 7) is 1.22. The van der Waals surface area contributed by atoms with E-state index in [2.05, 4.69) is 11.0 Å². The molecule has 0 atom stereocenters. The van der Waals surface area contributed by atoms with E-state index in [1.54, 1.807) is 11.9 Å². The van der Waals surface area contributed by atoms with Crippen molar-refractivity contribution in [1.29, 1.82) is 0 Å². The zero-order valence-corrected chi connectivity index (χ0v) is 6.13. The van der Waals surface area contributed by atoms with Gasteiger partial charge in [0.15, 0.2) is 0 Å². The first-order chi connectivity index (χ1) is 3.93. The van der Waals surface area contributed by atoms with Crippen LogP contribution < -0.4 is 4.72 Å². The lowest BCUT2D eigenvalue weighted by Gasteiger charge is -2.24. The molecular weight excluding hydrogens is 118 g/mol. The maximum Gasteiger partial charge on any atom is 0.00867 e. The molecule has 0 unspecified atom stereocenters. The molecule has 0 aromatic heterocycles. The van der Waals surface area contributed by atoms with Crippen molar-refractivity contribution in [3.8, 4) is 0 Å². The van der Waals surface area contributed by atoms with Crippen molar-refractivity contribution in [1.82, 2.24) is 4.72 Å². The average Bonchev–Trinajstić information content (AvgIpc) is 1.63. The molecule has 2 heteroatoms. The standard InChI is InChI=1S/C6H13NS/c1-8-7-5-6-3-2-4-6/h6-7H,2-5H2,1H3. The molecular formula is C6H13NS. The van der Waals surface area contributed by atoms with Gasteiger partial charge >= 0.3 is 0 Å². The summed E-state index contributed by atoms with van der Waals surface area (Å²) < 4.78 is 3.27. The predicted octanol–water partition coefficient (Wildman–Crippen LogP) is 1.65. The van der Waals surface area contributed by atoms with Crippen molar-refractivity contribution >= 4 is 11.9 Å². The fourth-order valence-corrected chi connectivity index (χ4v) is 1.30. The third-order valence-electron chi connectivity index (χ3n) is 1.74. The number of nitrogens with one attached hydrogen (secondary N) is 1. The highest BCUT2D eigenvalue weighted by Gasteiger charge is 2.15. The van der Waals surface area contributed by atoms with E-state index in [4.69, 9.17) is 0 Å². The SMILES string of the molecule is CSNCC1CCC1. The molecule has 1 fully saturated rings. The maximum absolute atomic E-state index is 3.27. The lowest BCUT2D eigenvalue weighted by molar-refractivity contribution is 0.319. The molecule has 0 radical (unpaired) electrons. The van der Waals surface area contributed by atoms with Crippen LogP contribution in [0.5, 0.6) is 0 Å². The summed E-state index contributed by atoms with van der Waals surface area (Å²) in [5.41, 5.74) is 0. The summed E-state index contributed by atoms with van der Waals surface area (Å²) in [6, 6.07) is 0. The van der Waals surface area contributed by atoms with Gasteiger partial charge in [-0.1, -0.05) is 18.4 Å². The molecule has 1 nitrogen and oxygen atoms in total. The lowest BCUT2D eigenvalue weighted by Crippen LogP contribution is -2.22. The molecule has 1 rings (SSSR count). The van der Waals surface area contributed by atoms with Crippen molar-refractivity contribution < 1.29 is 0 Å². The largest absolute Gasteiger partial charge is 0.264 e. The van der Waals surface area contributed by atoms with Crippen LogP contribution in [0.4, 0.5) is 0 Å². The second-order valence-corrected chi connectivity index (χ2v) is 3.05. The molecule has 1 N–H and O–H groups in total. The minimum absolute atomic E-state index is 1.00. The van der Waals surface area contributed by atoms with Crippen molar-refractivity contribution in [2.45, 2.75) is 19.3 Å². The van der Waals surface area contributed by atoms with Gasteiger partial charge in [0.25, 0.3) is 0 Å². The summed E-state index contributed by atoms with van der Waals surface area (Å²) in [6.07, 6.45) is 6.44. The Morgan fingerprint density at radius 3 is 2.75 bits per heavy atom. The molecule has 0 aliphatic heterocycles. The van der Waals surface area contributed by atoms with Crippen LogP contribution in [0.15, 0.2) is 0 Å². The first kappa shape index (κ1) is 6.43. The Balaban J connectivity index is 1.86. The smallest absolute Gasteiger partial charge is 0.00867 e. The van der Waals surface area contributed by atoms with E-state index >= 15 is 0 Å². The number of hydrogen-bond acceptors (Lipinski definition) is 2. The summed E-state index contributed by atoms with van der Waals surface area (Å²) >= 11 is 1.73. The normalized spacial score (nSPS) is 20.6. The first-order valence-electron chi connectivity index (χ1n) is 3.19. The zero-order chi connectivity index (χ0) is 5.82. The Hall–Kier alpha value is 0.310. The van der Waals surface area contributed by atoms with Gasteiger partial charge in [0.2, 0.25) is 0 Å². The lowest BCUT2D eigenvalue weighted by atomic mass is 9.86. The van der Waals surface area contributed by atoms with Gasteiger partial charge in [0.1, 0.15) is 0 Å². The van der Waals surface area contributed by atoms with Gasteiger partial charge in [-0.15, -0.1) is 0 Å². The van der Waals surface area contributed by atoms with Crippen LogP contribution in [0.3, 0.4) is 0 Å². The average molecular weight is 131 g/mol. The third-order valence-corrected chi connectivity index (χ3v) is 2.20. The molecule has 48 valence electrons. The second kappa shape index (κ2) is 3.36. The van der Waals surface area contributed by atoms with Crippen molar-refractivity contribution in [3.63, 3.8) is 0 Å². The van der Waals surface area contributed by atoms with E-state index in [0.29, 0.717) is 0 Å². The van der Waals surface area contributed by atoms with Crippen molar-refractivity contribution in [2.24, 2.45) is 5.92 Å². The van der Waals surface area contributed by atoms with E-state index < -0.39 is 0 Å². The molecule has 0 aromatic rings. The Kier molecular flexibility index (Phi) is 2.70. The summed E-state index contributed by atoms with van der Waals surface area (Å²) in [7, 11) is 0. The summed E-state index contributed by atoms with van der Waals surface area (Å²) in [4.78, 5) is 0. The molecule has 0 heterocycles. The van der Waals surface area contributed by atoms with Crippen molar-refractivity contribution in [3.05, 3.63) is 0 Å². The van der Waals surface area contributed by atoms with Crippen LogP contribution in [0, 0.1) is 5.92 Å². The minimum Gasteiger partial charge on any atom is -0.264 e. The van der Waals surface area contributed by atoms with E-state index in [-0.39, 0.29) is 0 Å². The Bertz CT molecular complexity index is 61.5. The number of hydrogen-bond donors (Lipinski definition) is 1. The van der Waals surface area contributed by atoms with Crippen LogP contribution >= 0.6 is 11.9 Å². The molecule has 0 saturated heterocycles. The van der Waals surface area contributed by atoms with Gasteiger partial charge in [0, 0.05) is 6.54 Å². The molecule has 1 saturated carbocycles. The maximum atomic E-state index is 3.27. The Morgan fingerprint density at radius 2 is 2.38 bits per heavy atom. The van der Waals surface area contributed by atoms with E-state index in [0.717, 1.165) is 5.92 Å². The van der Waals surface area contributed by atoms with Gasteiger partial charge in [-0.25, -0.2) is 0 Å². The molecule has 0 amide bonds. The van der Waals surface area contributed by atoms with Crippen LogP contribution in [0.25, 0.3) is 0 Å². The molecule has 0 bridgehead atoms. The van der Waals surface area contributed by atoms with Crippen LogP contribution in [-0.2, 0) is 0 Å². The van der Waals surface area contributed by atoms with Gasteiger partial charge in [-0.2, -0.15) is 0 Å².